The second kappa shape index (κ2) is 6.39. The Hall–Kier alpha value is -2.86. The summed E-state index contributed by atoms with van der Waals surface area (Å²) < 4.78 is 0. The first-order valence-corrected chi connectivity index (χ1v) is 9.06. The normalized spacial score (nSPS) is 21.4. The molecule has 2 aliphatic rings. The van der Waals surface area contributed by atoms with Gasteiger partial charge in [0.25, 0.3) is 5.91 Å². The van der Waals surface area contributed by atoms with Crippen LogP contribution in [-0.4, -0.2) is 35.8 Å². The molecular weight excluding hydrogens is 366 g/mol. The highest BCUT2D eigenvalue weighted by molar-refractivity contribution is 6.30. The van der Waals surface area contributed by atoms with E-state index >= 15 is 0 Å². The maximum Gasteiger partial charge on any atom is 0.325 e. The zero-order chi connectivity index (χ0) is 19.2. The Labute approximate surface area is 161 Å². The number of urea groups is 1. The van der Waals surface area contributed by atoms with Gasteiger partial charge in [0.15, 0.2) is 0 Å². The van der Waals surface area contributed by atoms with Crippen LogP contribution in [0.1, 0.15) is 18.1 Å². The molecule has 1 saturated heterocycles. The van der Waals surface area contributed by atoms with Gasteiger partial charge in [-0.25, -0.2) is 4.79 Å². The number of anilines is 1. The molecule has 0 radical (unpaired) electrons. The Kier molecular flexibility index (Phi) is 4.15. The van der Waals surface area contributed by atoms with Gasteiger partial charge in [-0.1, -0.05) is 41.9 Å². The largest absolute Gasteiger partial charge is 0.325 e. The Morgan fingerprint density at radius 1 is 1.15 bits per heavy atom. The van der Waals surface area contributed by atoms with Gasteiger partial charge < -0.3 is 10.2 Å². The summed E-state index contributed by atoms with van der Waals surface area (Å²) in [4.78, 5) is 40.8. The highest BCUT2D eigenvalue weighted by Crippen LogP contribution is 2.31. The molecule has 0 aromatic heterocycles. The first kappa shape index (κ1) is 17.5. The van der Waals surface area contributed by atoms with Crippen LogP contribution in [0, 0.1) is 0 Å². The molecule has 1 atom stereocenters. The summed E-state index contributed by atoms with van der Waals surface area (Å²) in [5.74, 6) is -0.723. The predicted molar refractivity (Wildman–Crippen MR) is 102 cm³/mol. The van der Waals surface area contributed by atoms with Crippen molar-refractivity contribution in [1.82, 2.24) is 10.2 Å². The second-order valence-electron chi connectivity index (χ2n) is 6.88. The highest BCUT2D eigenvalue weighted by Gasteiger charge is 2.49. The fraction of sp³-hybridized carbons (Fsp3) is 0.250. The van der Waals surface area contributed by atoms with Gasteiger partial charge in [0.1, 0.15) is 12.1 Å². The third-order valence-corrected chi connectivity index (χ3v) is 5.43. The summed E-state index contributed by atoms with van der Waals surface area (Å²) in [5, 5.41) is 3.25. The molecule has 1 N–H and O–H groups in total. The van der Waals surface area contributed by atoms with E-state index in [1.165, 1.54) is 0 Å². The van der Waals surface area contributed by atoms with Crippen LogP contribution in [0.3, 0.4) is 0 Å². The van der Waals surface area contributed by atoms with Gasteiger partial charge in [0.05, 0.1) is 0 Å². The average Bonchev–Trinajstić information content (AvgIpc) is 3.18. The zero-order valence-corrected chi connectivity index (χ0v) is 15.5. The molecule has 2 aliphatic heterocycles. The molecule has 2 heterocycles. The molecule has 27 heavy (non-hydrogen) atoms. The predicted octanol–water partition coefficient (Wildman–Crippen LogP) is 2.70. The van der Waals surface area contributed by atoms with Crippen LogP contribution in [0.25, 0.3) is 0 Å². The molecule has 0 saturated carbocycles. The second-order valence-corrected chi connectivity index (χ2v) is 7.31. The van der Waals surface area contributed by atoms with Crippen molar-refractivity contribution in [2.45, 2.75) is 18.9 Å². The fourth-order valence-electron chi connectivity index (χ4n) is 3.64. The number of nitrogens with one attached hydrogen (secondary N) is 1. The minimum atomic E-state index is -1.22. The number of hydrogen-bond acceptors (Lipinski definition) is 3. The standard InChI is InChI=1S/C20H18ClN3O3/c1-20(14-6-8-15(21)9-7-14)18(26)24(19(27)22-20)12-17(25)23-11-10-13-4-2-3-5-16(13)23/h2-9H,10-12H2,1H3,(H,22,27)/t20-/m1/s1. The van der Waals surface area contributed by atoms with Gasteiger partial charge in [-0.15, -0.1) is 0 Å². The van der Waals surface area contributed by atoms with Gasteiger partial charge in [-0.05, 0) is 42.7 Å². The number of imide groups is 1. The van der Waals surface area contributed by atoms with Crippen LogP contribution in [0.4, 0.5) is 10.5 Å². The van der Waals surface area contributed by atoms with E-state index in [1.54, 1.807) is 36.1 Å². The van der Waals surface area contributed by atoms with E-state index < -0.39 is 17.5 Å². The van der Waals surface area contributed by atoms with E-state index in [2.05, 4.69) is 5.32 Å². The van der Waals surface area contributed by atoms with Gasteiger partial charge in [-0.2, -0.15) is 0 Å². The molecular formula is C20H18ClN3O3. The van der Waals surface area contributed by atoms with Gasteiger partial charge in [0, 0.05) is 17.3 Å². The van der Waals surface area contributed by atoms with Crippen molar-refractivity contribution in [2.75, 3.05) is 18.0 Å². The third kappa shape index (κ3) is 2.86. The molecule has 0 unspecified atom stereocenters. The first-order valence-electron chi connectivity index (χ1n) is 8.68. The number of amides is 4. The molecule has 138 valence electrons. The molecule has 0 bridgehead atoms. The molecule has 6 nitrogen and oxygen atoms in total. The van der Waals surface area contributed by atoms with Crippen molar-refractivity contribution in [1.29, 1.82) is 0 Å². The summed E-state index contributed by atoms with van der Waals surface area (Å²) >= 11 is 5.91. The zero-order valence-electron chi connectivity index (χ0n) is 14.7. The monoisotopic (exact) mass is 383 g/mol. The molecule has 4 amide bonds. The van der Waals surface area contributed by atoms with E-state index in [9.17, 15) is 14.4 Å². The Morgan fingerprint density at radius 2 is 1.85 bits per heavy atom. The lowest BCUT2D eigenvalue weighted by Crippen LogP contribution is -2.44. The minimum absolute atomic E-state index is 0.274. The lowest BCUT2D eigenvalue weighted by atomic mass is 9.92. The lowest BCUT2D eigenvalue weighted by molar-refractivity contribution is -0.134. The number of benzene rings is 2. The smallest absolute Gasteiger partial charge is 0.319 e. The van der Waals surface area contributed by atoms with Crippen molar-refractivity contribution >= 4 is 35.1 Å². The van der Waals surface area contributed by atoms with E-state index in [0.717, 1.165) is 22.6 Å². The Balaban J connectivity index is 1.55. The number of carbonyl (C=O) groups excluding carboxylic acids is 3. The molecule has 0 aliphatic carbocycles. The van der Waals surface area contributed by atoms with Gasteiger partial charge in [0.2, 0.25) is 5.91 Å². The molecule has 7 heteroatoms. The minimum Gasteiger partial charge on any atom is -0.319 e. The molecule has 0 spiro atoms. The van der Waals surface area contributed by atoms with Crippen molar-refractivity contribution < 1.29 is 14.4 Å². The number of fused-ring (bicyclic) bond motifs is 1. The van der Waals surface area contributed by atoms with Crippen LogP contribution in [0.2, 0.25) is 5.02 Å². The molecule has 2 aromatic carbocycles. The molecule has 1 fully saturated rings. The van der Waals surface area contributed by atoms with Crippen LogP contribution < -0.4 is 10.2 Å². The van der Waals surface area contributed by atoms with Crippen LogP contribution in [-0.2, 0) is 21.5 Å². The first-order chi connectivity index (χ1) is 12.9. The quantitative estimate of drug-likeness (QED) is 0.828. The topological polar surface area (TPSA) is 69.7 Å². The maximum absolute atomic E-state index is 13.0. The Morgan fingerprint density at radius 3 is 2.59 bits per heavy atom. The summed E-state index contributed by atoms with van der Waals surface area (Å²) in [6.45, 7) is 1.89. The van der Waals surface area contributed by atoms with E-state index in [0.29, 0.717) is 17.1 Å². The number of carbonyl (C=O) groups is 3. The molecule has 2 aromatic rings. The number of para-hydroxylation sites is 1. The van der Waals surface area contributed by atoms with Crippen LogP contribution in [0.5, 0.6) is 0 Å². The van der Waals surface area contributed by atoms with Crippen LogP contribution in [0.15, 0.2) is 48.5 Å². The van der Waals surface area contributed by atoms with Crippen molar-refractivity contribution in [3.8, 4) is 0 Å². The number of hydrogen-bond donors (Lipinski definition) is 1. The maximum atomic E-state index is 13.0. The van der Waals surface area contributed by atoms with Gasteiger partial charge >= 0.3 is 6.03 Å². The van der Waals surface area contributed by atoms with Crippen molar-refractivity contribution in [3.05, 3.63) is 64.7 Å². The SMILES string of the molecule is C[C@]1(c2ccc(Cl)cc2)NC(=O)N(CC(=O)N2CCc3ccccc32)C1=O. The van der Waals surface area contributed by atoms with Crippen molar-refractivity contribution in [3.63, 3.8) is 0 Å². The van der Waals surface area contributed by atoms with Crippen molar-refractivity contribution in [2.24, 2.45) is 0 Å². The summed E-state index contributed by atoms with van der Waals surface area (Å²) in [5.41, 5.74) is 1.33. The van der Waals surface area contributed by atoms with Gasteiger partial charge in [-0.3, -0.25) is 14.5 Å². The third-order valence-electron chi connectivity index (χ3n) is 5.18. The van der Waals surface area contributed by atoms with E-state index in [1.807, 2.05) is 24.3 Å². The van der Waals surface area contributed by atoms with Crippen LogP contribution >= 0.6 is 11.6 Å². The summed E-state index contributed by atoms with van der Waals surface area (Å²) in [7, 11) is 0. The fourth-order valence-corrected chi connectivity index (χ4v) is 3.76. The number of halogens is 1. The van der Waals surface area contributed by atoms with E-state index in [4.69, 9.17) is 11.6 Å². The van der Waals surface area contributed by atoms with E-state index in [-0.39, 0.29) is 12.5 Å². The summed E-state index contributed by atoms with van der Waals surface area (Å²) in [6.07, 6.45) is 0.768. The summed E-state index contributed by atoms with van der Waals surface area (Å²) in [6, 6.07) is 13.8. The number of nitrogens with zero attached hydrogens (tertiary/aromatic N) is 2. The molecule has 4 rings (SSSR count). The average molecular weight is 384 g/mol. The highest BCUT2D eigenvalue weighted by atomic mass is 35.5. The number of rotatable bonds is 3. The lowest BCUT2D eigenvalue weighted by Gasteiger charge is -2.23. The Bertz CT molecular complexity index is 944.